The molecule has 0 radical (unpaired) electrons. The molecule has 0 bridgehead atoms. The van der Waals surface area contributed by atoms with Crippen LogP contribution in [-0.4, -0.2) is 44.0 Å². The predicted molar refractivity (Wildman–Crippen MR) is 71.0 cm³/mol. The maximum Gasteiger partial charge on any atom is 0.573 e. The van der Waals surface area contributed by atoms with Gasteiger partial charge in [-0.1, -0.05) is 0 Å². The molecule has 0 aliphatic rings. The Labute approximate surface area is 120 Å². The van der Waals surface area contributed by atoms with E-state index < -0.39 is 12.1 Å². The minimum atomic E-state index is -4.83. The van der Waals surface area contributed by atoms with Gasteiger partial charge in [0.1, 0.15) is 0 Å². The van der Waals surface area contributed by atoms with Crippen LogP contribution >= 0.6 is 0 Å². The molecule has 0 saturated carbocycles. The summed E-state index contributed by atoms with van der Waals surface area (Å²) in [7, 11) is 1.51. The maximum atomic E-state index is 12.2. The molecule has 0 aromatic heterocycles. The first-order valence-electron chi connectivity index (χ1n) is 6.22. The third kappa shape index (κ3) is 5.14. The van der Waals surface area contributed by atoms with Gasteiger partial charge >= 0.3 is 6.36 Å². The number of alkyl halides is 3. The number of carbonyl (C=O) groups is 1. The van der Waals surface area contributed by atoms with Gasteiger partial charge in [-0.3, -0.25) is 4.79 Å². The molecular formula is C13H17F3N2O3. The van der Waals surface area contributed by atoms with Crippen molar-refractivity contribution >= 4 is 11.6 Å². The molecule has 0 saturated heterocycles. The van der Waals surface area contributed by atoms with Crippen molar-refractivity contribution in [3.8, 4) is 5.75 Å². The Morgan fingerprint density at radius 2 is 2.05 bits per heavy atom. The number of ether oxygens (including phenoxy) is 2. The third-order valence-corrected chi connectivity index (χ3v) is 2.72. The second kappa shape index (κ2) is 7.16. The molecule has 1 aromatic carbocycles. The third-order valence-electron chi connectivity index (χ3n) is 2.72. The molecule has 0 aliphatic carbocycles. The summed E-state index contributed by atoms with van der Waals surface area (Å²) in [6.07, 6.45) is -4.83. The van der Waals surface area contributed by atoms with E-state index in [2.05, 4.69) is 4.74 Å². The number of nitrogen functional groups attached to an aromatic ring is 1. The Hall–Kier alpha value is -1.96. The molecule has 21 heavy (non-hydrogen) atoms. The highest BCUT2D eigenvalue weighted by molar-refractivity contribution is 5.95. The Morgan fingerprint density at radius 3 is 2.52 bits per heavy atom. The molecule has 5 nitrogen and oxygen atoms in total. The normalized spacial score (nSPS) is 11.3. The summed E-state index contributed by atoms with van der Waals surface area (Å²) >= 11 is 0. The van der Waals surface area contributed by atoms with E-state index in [1.807, 2.05) is 0 Å². The second-order valence-corrected chi connectivity index (χ2v) is 4.18. The van der Waals surface area contributed by atoms with Gasteiger partial charge in [0, 0.05) is 25.8 Å². The van der Waals surface area contributed by atoms with Gasteiger partial charge in [-0.2, -0.15) is 0 Å². The van der Waals surface area contributed by atoms with Crippen molar-refractivity contribution in [1.29, 1.82) is 0 Å². The fraction of sp³-hybridized carbons (Fsp3) is 0.462. The topological polar surface area (TPSA) is 64.8 Å². The number of likely N-dealkylation sites (N-methyl/N-ethyl adjacent to an activating group) is 1. The van der Waals surface area contributed by atoms with Gasteiger partial charge in [0.05, 0.1) is 12.3 Å². The molecule has 1 rings (SSSR count). The van der Waals surface area contributed by atoms with E-state index in [-0.39, 0.29) is 17.2 Å². The average molecular weight is 306 g/mol. The molecule has 2 N–H and O–H groups in total. The van der Waals surface area contributed by atoms with E-state index >= 15 is 0 Å². The molecule has 0 unspecified atom stereocenters. The van der Waals surface area contributed by atoms with Crippen molar-refractivity contribution in [3.63, 3.8) is 0 Å². The first-order valence-corrected chi connectivity index (χ1v) is 6.22. The number of methoxy groups -OCH3 is 1. The van der Waals surface area contributed by atoms with E-state index in [0.29, 0.717) is 19.7 Å². The van der Waals surface area contributed by atoms with E-state index in [4.69, 9.17) is 10.5 Å². The van der Waals surface area contributed by atoms with Crippen molar-refractivity contribution < 1.29 is 27.4 Å². The lowest BCUT2D eigenvalue weighted by atomic mass is 10.1. The molecule has 1 amide bonds. The van der Waals surface area contributed by atoms with Crippen LogP contribution in [0.4, 0.5) is 18.9 Å². The van der Waals surface area contributed by atoms with Gasteiger partial charge in [0.2, 0.25) is 0 Å². The lowest BCUT2D eigenvalue weighted by molar-refractivity contribution is -0.274. The van der Waals surface area contributed by atoms with Gasteiger partial charge in [-0.05, 0) is 25.1 Å². The van der Waals surface area contributed by atoms with Crippen LogP contribution in [0.25, 0.3) is 0 Å². The van der Waals surface area contributed by atoms with Crippen LogP contribution in [-0.2, 0) is 4.74 Å². The summed E-state index contributed by atoms with van der Waals surface area (Å²) in [4.78, 5) is 13.7. The molecule has 0 atom stereocenters. The summed E-state index contributed by atoms with van der Waals surface area (Å²) in [5, 5.41) is 0. The van der Waals surface area contributed by atoms with Gasteiger partial charge < -0.3 is 20.1 Å². The van der Waals surface area contributed by atoms with Gasteiger partial charge in [0.15, 0.2) is 5.75 Å². The van der Waals surface area contributed by atoms with Crippen LogP contribution in [0.15, 0.2) is 18.2 Å². The van der Waals surface area contributed by atoms with Gasteiger partial charge in [-0.15, -0.1) is 13.2 Å². The van der Waals surface area contributed by atoms with Crippen LogP contribution in [0.3, 0.4) is 0 Å². The zero-order valence-corrected chi connectivity index (χ0v) is 11.7. The summed E-state index contributed by atoms with van der Waals surface area (Å²) in [5.74, 6) is -0.862. The van der Waals surface area contributed by atoms with Crippen LogP contribution < -0.4 is 10.5 Å². The number of carbonyl (C=O) groups excluding carboxylic acids is 1. The minimum absolute atomic E-state index is 0.194. The highest BCUT2D eigenvalue weighted by Crippen LogP contribution is 2.29. The second-order valence-electron chi connectivity index (χ2n) is 4.18. The average Bonchev–Trinajstić information content (AvgIpc) is 2.40. The number of hydrogen-bond acceptors (Lipinski definition) is 4. The van der Waals surface area contributed by atoms with Crippen LogP contribution in [0.5, 0.6) is 5.75 Å². The summed E-state index contributed by atoms with van der Waals surface area (Å²) in [6, 6.07) is 3.44. The zero-order chi connectivity index (χ0) is 16.0. The number of benzene rings is 1. The Balaban J connectivity index is 2.89. The van der Waals surface area contributed by atoms with Crippen LogP contribution in [0, 0.1) is 0 Å². The number of rotatable bonds is 6. The Kier molecular flexibility index (Phi) is 5.83. The predicted octanol–water partition coefficient (Wildman–Crippen LogP) is 2.28. The highest BCUT2D eigenvalue weighted by Gasteiger charge is 2.32. The highest BCUT2D eigenvalue weighted by atomic mass is 19.4. The number of amides is 1. The molecule has 0 aliphatic heterocycles. The lowest BCUT2D eigenvalue weighted by Gasteiger charge is -2.21. The molecule has 118 valence electrons. The van der Waals surface area contributed by atoms with Crippen LogP contribution in [0.1, 0.15) is 17.3 Å². The lowest BCUT2D eigenvalue weighted by Crippen LogP contribution is -2.33. The van der Waals surface area contributed by atoms with Crippen molar-refractivity contribution in [2.24, 2.45) is 0 Å². The maximum absolute atomic E-state index is 12.2. The standard InChI is InChI=1S/C13H17F3N2O3/c1-3-18(6-7-20-2)12(19)9-4-5-11(10(17)8-9)21-13(14,15)16/h4-5,8H,3,6-7,17H2,1-2H3. The summed E-state index contributed by atoms with van der Waals surface area (Å²) < 4.78 is 45.1. The van der Waals surface area contributed by atoms with Crippen molar-refractivity contribution in [3.05, 3.63) is 23.8 Å². The quantitative estimate of drug-likeness (QED) is 0.819. The van der Waals surface area contributed by atoms with E-state index in [9.17, 15) is 18.0 Å². The van der Waals surface area contributed by atoms with Crippen molar-refractivity contribution in [2.45, 2.75) is 13.3 Å². The number of nitrogens with two attached hydrogens (primary N) is 1. The SMILES string of the molecule is CCN(CCOC)C(=O)c1ccc(OC(F)(F)F)c(N)c1. The largest absolute Gasteiger partial charge is 0.573 e. The Bertz CT molecular complexity index is 492. The summed E-state index contributed by atoms with van der Waals surface area (Å²) in [5.41, 5.74) is 5.43. The van der Waals surface area contributed by atoms with Gasteiger partial charge in [-0.25, -0.2) is 0 Å². The molecule has 8 heteroatoms. The smallest absolute Gasteiger partial charge is 0.404 e. The van der Waals surface area contributed by atoms with E-state index in [1.165, 1.54) is 24.1 Å². The van der Waals surface area contributed by atoms with Crippen molar-refractivity contribution in [2.75, 3.05) is 32.5 Å². The van der Waals surface area contributed by atoms with Crippen molar-refractivity contribution in [1.82, 2.24) is 4.90 Å². The van der Waals surface area contributed by atoms with E-state index in [0.717, 1.165) is 6.07 Å². The fourth-order valence-corrected chi connectivity index (χ4v) is 1.69. The van der Waals surface area contributed by atoms with Gasteiger partial charge in [0.25, 0.3) is 5.91 Å². The molecule has 1 aromatic rings. The number of anilines is 1. The number of hydrogen-bond donors (Lipinski definition) is 1. The molecule has 0 heterocycles. The first kappa shape index (κ1) is 17.1. The van der Waals surface area contributed by atoms with Crippen LogP contribution in [0.2, 0.25) is 0 Å². The fourth-order valence-electron chi connectivity index (χ4n) is 1.69. The summed E-state index contributed by atoms with van der Waals surface area (Å²) in [6.45, 7) is 2.98. The molecule has 0 spiro atoms. The minimum Gasteiger partial charge on any atom is -0.404 e. The molecule has 0 fully saturated rings. The number of halogens is 3. The monoisotopic (exact) mass is 306 g/mol. The zero-order valence-electron chi connectivity index (χ0n) is 11.7. The number of nitrogens with zero attached hydrogens (tertiary/aromatic N) is 1. The van der Waals surface area contributed by atoms with E-state index in [1.54, 1.807) is 6.92 Å². The molecular weight excluding hydrogens is 289 g/mol. The first-order chi connectivity index (χ1) is 9.78. The Morgan fingerprint density at radius 1 is 1.38 bits per heavy atom.